The summed E-state index contributed by atoms with van der Waals surface area (Å²) in [6.07, 6.45) is 1.13. The Balaban J connectivity index is 1.61. The molecule has 29 heavy (non-hydrogen) atoms. The van der Waals surface area contributed by atoms with Crippen molar-refractivity contribution in [2.24, 2.45) is 5.92 Å². The van der Waals surface area contributed by atoms with Gasteiger partial charge in [0, 0.05) is 42.0 Å². The van der Waals surface area contributed by atoms with E-state index in [0.29, 0.717) is 30.4 Å². The van der Waals surface area contributed by atoms with Gasteiger partial charge in [-0.3, -0.25) is 9.69 Å². The SMILES string of the molecule is CCC(C)CN(CCO)Cc1ccc2c(c1)COC2=C1C(=O)Nc2ccccc21. The van der Waals surface area contributed by atoms with Crippen molar-refractivity contribution in [2.45, 2.75) is 33.4 Å². The molecule has 0 saturated carbocycles. The number of nitrogens with one attached hydrogen (secondary N) is 1. The third kappa shape index (κ3) is 3.93. The summed E-state index contributed by atoms with van der Waals surface area (Å²) < 4.78 is 5.99. The Morgan fingerprint density at radius 3 is 2.83 bits per heavy atom. The van der Waals surface area contributed by atoms with E-state index in [-0.39, 0.29) is 12.5 Å². The largest absolute Gasteiger partial charge is 0.487 e. The van der Waals surface area contributed by atoms with Crippen LogP contribution in [0.1, 0.15) is 42.5 Å². The van der Waals surface area contributed by atoms with E-state index in [2.05, 4.69) is 42.3 Å². The molecular formula is C24H28N2O3. The minimum absolute atomic E-state index is 0.110. The van der Waals surface area contributed by atoms with E-state index in [1.165, 1.54) is 5.56 Å². The number of hydrogen-bond acceptors (Lipinski definition) is 4. The van der Waals surface area contributed by atoms with Gasteiger partial charge >= 0.3 is 0 Å². The summed E-state index contributed by atoms with van der Waals surface area (Å²) in [4.78, 5) is 14.9. The van der Waals surface area contributed by atoms with Crippen LogP contribution in [0.15, 0.2) is 42.5 Å². The van der Waals surface area contributed by atoms with Crippen LogP contribution in [0.2, 0.25) is 0 Å². The van der Waals surface area contributed by atoms with Gasteiger partial charge in [-0.05, 0) is 17.5 Å². The van der Waals surface area contributed by atoms with Gasteiger partial charge in [-0.2, -0.15) is 0 Å². The van der Waals surface area contributed by atoms with E-state index >= 15 is 0 Å². The molecule has 2 aromatic carbocycles. The molecule has 152 valence electrons. The maximum absolute atomic E-state index is 12.6. The Morgan fingerprint density at radius 2 is 2.03 bits per heavy atom. The average molecular weight is 392 g/mol. The topological polar surface area (TPSA) is 61.8 Å². The normalized spacial score (nSPS) is 18.4. The molecule has 0 radical (unpaired) electrons. The predicted molar refractivity (Wildman–Crippen MR) is 115 cm³/mol. The van der Waals surface area contributed by atoms with Gasteiger partial charge in [0.05, 0.1) is 12.2 Å². The van der Waals surface area contributed by atoms with Crippen molar-refractivity contribution in [1.29, 1.82) is 0 Å². The average Bonchev–Trinajstić information content (AvgIpc) is 3.27. The van der Waals surface area contributed by atoms with Crippen LogP contribution in [0.4, 0.5) is 5.69 Å². The van der Waals surface area contributed by atoms with Gasteiger partial charge in [-0.25, -0.2) is 0 Å². The third-order valence-corrected chi connectivity index (χ3v) is 5.77. The molecule has 1 unspecified atom stereocenters. The minimum atomic E-state index is -0.110. The second-order valence-electron chi connectivity index (χ2n) is 7.96. The highest BCUT2D eigenvalue weighted by Crippen LogP contribution is 2.41. The first-order chi connectivity index (χ1) is 14.1. The van der Waals surface area contributed by atoms with Crippen molar-refractivity contribution in [1.82, 2.24) is 4.90 Å². The molecule has 0 saturated heterocycles. The molecule has 5 nitrogen and oxygen atoms in total. The van der Waals surface area contributed by atoms with Gasteiger partial charge in [-0.1, -0.05) is 56.7 Å². The van der Waals surface area contributed by atoms with E-state index in [9.17, 15) is 9.90 Å². The fraction of sp³-hybridized carbons (Fsp3) is 0.375. The first kappa shape index (κ1) is 19.7. The second-order valence-corrected chi connectivity index (χ2v) is 7.96. The van der Waals surface area contributed by atoms with E-state index in [4.69, 9.17) is 4.74 Å². The van der Waals surface area contributed by atoms with Gasteiger partial charge in [0.2, 0.25) is 0 Å². The summed E-state index contributed by atoms with van der Waals surface area (Å²) in [6, 6.07) is 14.1. The number of rotatable bonds is 7. The molecule has 0 bridgehead atoms. The lowest BCUT2D eigenvalue weighted by Gasteiger charge is -2.24. The number of ether oxygens (including phenoxy) is 1. The van der Waals surface area contributed by atoms with Gasteiger partial charge < -0.3 is 15.2 Å². The van der Waals surface area contributed by atoms with Crippen LogP contribution in [0.5, 0.6) is 0 Å². The van der Waals surface area contributed by atoms with Gasteiger partial charge in [-0.15, -0.1) is 0 Å². The number of para-hydroxylation sites is 1. The Bertz CT molecular complexity index is 951. The molecule has 2 aromatic rings. The smallest absolute Gasteiger partial charge is 0.260 e. The lowest BCUT2D eigenvalue weighted by Crippen LogP contribution is -2.30. The highest BCUT2D eigenvalue weighted by molar-refractivity contribution is 6.36. The number of anilines is 1. The fourth-order valence-electron chi connectivity index (χ4n) is 4.07. The van der Waals surface area contributed by atoms with Gasteiger partial charge in [0.25, 0.3) is 5.91 Å². The first-order valence-electron chi connectivity index (χ1n) is 10.3. The summed E-state index contributed by atoms with van der Waals surface area (Å²) in [7, 11) is 0. The second kappa shape index (κ2) is 8.39. The van der Waals surface area contributed by atoms with Crippen LogP contribution in [0.3, 0.4) is 0 Å². The molecule has 0 aromatic heterocycles. The maximum atomic E-state index is 12.6. The van der Waals surface area contributed by atoms with Gasteiger partial charge in [0.15, 0.2) is 0 Å². The molecule has 0 spiro atoms. The Hall–Kier alpha value is -2.63. The van der Waals surface area contributed by atoms with Crippen molar-refractivity contribution < 1.29 is 14.6 Å². The van der Waals surface area contributed by atoms with Crippen LogP contribution in [-0.2, 0) is 22.7 Å². The number of aliphatic hydroxyl groups is 1. The van der Waals surface area contributed by atoms with E-state index in [0.717, 1.165) is 41.9 Å². The zero-order chi connectivity index (χ0) is 20.4. The van der Waals surface area contributed by atoms with E-state index < -0.39 is 0 Å². The maximum Gasteiger partial charge on any atom is 0.260 e. The fourth-order valence-corrected chi connectivity index (χ4v) is 4.07. The van der Waals surface area contributed by atoms with Crippen molar-refractivity contribution >= 4 is 22.9 Å². The molecule has 1 amide bonds. The molecule has 2 heterocycles. The van der Waals surface area contributed by atoms with E-state index in [1.54, 1.807) is 0 Å². The number of benzene rings is 2. The molecule has 4 rings (SSSR count). The highest BCUT2D eigenvalue weighted by Gasteiger charge is 2.32. The highest BCUT2D eigenvalue weighted by atomic mass is 16.5. The lowest BCUT2D eigenvalue weighted by atomic mass is 9.99. The molecule has 2 aliphatic heterocycles. The Morgan fingerprint density at radius 1 is 1.21 bits per heavy atom. The number of amides is 1. The monoisotopic (exact) mass is 392 g/mol. The standard InChI is InChI=1S/C24H28N2O3/c1-3-16(2)13-26(10-11-27)14-17-8-9-19-18(12-17)15-29-23(19)22-20-6-4-5-7-21(20)25-24(22)28/h4-9,12,16,27H,3,10-11,13-15H2,1-2H3,(H,25,28). The van der Waals surface area contributed by atoms with Crippen molar-refractivity contribution in [3.8, 4) is 0 Å². The molecule has 1 atom stereocenters. The van der Waals surface area contributed by atoms with Crippen molar-refractivity contribution in [2.75, 3.05) is 25.0 Å². The third-order valence-electron chi connectivity index (χ3n) is 5.77. The molecule has 2 N–H and O–H groups in total. The van der Waals surface area contributed by atoms with Gasteiger partial charge in [0.1, 0.15) is 12.4 Å². The molecular weight excluding hydrogens is 364 g/mol. The first-order valence-corrected chi connectivity index (χ1v) is 10.3. The number of carbonyl (C=O) groups is 1. The summed E-state index contributed by atoms with van der Waals surface area (Å²) in [5, 5.41) is 12.3. The van der Waals surface area contributed by atoms with Crippen molar-refractivity contribution in [3.63, 3.8) is 0 Å². The number of nitrogens with zero attached hydrogens (tertiary/aromatic N) is 1. The van der Waals surface area contributed by atoms with Crippen LogP contribution < -0.4 is 5.32 Å². The zero-order valence-corrected chi connectivity index (χ0v) is 17.1. The van der Waals surface area contributed by atoms with Crippen LogP contribution in [0.25, 0.3) is 11.3 Å². The quantitative estimate of drug-likeness (QED) is 0.702. The summed E-state index contributed by atoms with van der Waals surface area (Å²) >= 11 is 0. The summed E-state index contributed by atoms with van der Waals surface area (Å²) in [5.41, 5.74) is 5.64. The number of aliphatic hydroxyl groups excluding tert-OH is 1. The molecule has 0 aliphatic carbocycles. The van der Waals surface area contributed by atoms with Crippen LogP contribution in [-0.4, -0.2) is 35.6 Å². The van der Waals surface area contributed by atoms with Crippen LogP contribution >= 0.6 is 0 Å². The van der Waals surface area contributed by atoms with Crippen molar-refractivity contribution in [3.05, 3.63) is 64.7 Å². The molecule has 0 fully saturated rings. The number of hydrogen-bond donors (Lipinski definition) is 2. The predicted octanol–water partition coefficient (Wildman–Crippen LogP) is 3.88. The Labute approximate surface area is 172 Å². The minimum Gasteiger partial charge on any atom is -0.487 e. The summed E-state index contributed by atoms with van der Waals surface area (Å²) in [5.74, 6) is 1.15. The summed E-state index contributed by atoms with van der Waals surface area (Å²) in [6.45, 7) is 7.51. The molecule has 5 heteroatoms. The Kier molecular flexibility index (Phi) is 5.69. The zero-order valence-electron chi connectivity index (χ0n) is 17.1. The molecule has 2 aliphatic rings. The lowest BCUT2D eigenvalue weighted by molar-refractivity contribution is -0.110. The van der Waals surface area contributed by atoms with Crippen LogP contribution in [0, 0.1) is 5.92 Å². The number of fused-ring (bicyclic) bond motifs is 2. The van der Waals surface area contributed by atoms with E-state index in [1.807, 2.05) is 24.3 Å². The number of carbonyl (C=O) groups excluding carboxylic acids is 1.